The lowest BCUT2D eigenvalue weighted by molar-refractivity contribution is 0.123. The van der Waals surface area contributed by atoms with Crippen LogP contribution in [0.15, 0.2) is 23.6 Å². The molecule has 2 heterocycles. The molecule has 6 heteroatoms. The molecule has 1 aliphatic heterocycles. The van der Waals surface area contributed by atoms with Gasteiger partial charge in [-0.15, -0.1) is 11.3 Å². The Bertz CT molecular complexity index is 642. The molecule has 0 spiro atoms. The van der Waals surface area contributed by atoms with Gasteiger partial charge >= 0.3 is 0 Å². The molecule has 1 aliphatic rings. The van der Waals surface area contributed by atoms with Gasteiger partial charge in [0.05, 0.1) is 11.8 Å². The second-order valence-corrected chi connectivity index (χ2v) is 6.51. The van der Waals surface area contributed by atoms with E-state index in [9.17, 15) is 5.11 Å². The fourth-order valence-electron chi connectivity index (χ4n) is 2.13. The molecule has 0 saturated carbocycles. The van der Waals surface area contributed by atoms with Gasteiger partial charge in [0, 0.05) is 24.0 Å². The number of aliphatic hydroxyl groups is 1. The van der Waals surface area contributed by atoms with Crippen LogP contribution in [0.1, 0.15) is 19.5 Å². The molecule has 0 aliphatic carbocycles. The van der Waals surface area contributed by atoms with Crippen LogP contribution in [0.5, 0.6) is 11.5 Å². The van der Waals surface area contributed by atoms with Crippen molar-refractivity contribution in [3.63, 3.8) is 0 Å². The van der Waals surface area contributed by atoms with E-state index >= 15 is 0 Å². The third kappa shape index (κ3) is 3.40. The van der Waals surface area contributed by atoms with Gasteiger partial charge in [-0.25, -0.2) is 4.98 Å². The zero-order valence-corrected chi connectivity index (χ0v) is 13.5. The molecule has 3 rings (SSSR count). The molecule has 1 aromatic heterocycles. The van der Waals surface area contributed by atoms with Gasteiger partial charge in [0.2, 0.25) is 6.79 Å². The molecule has 0 radical (unpaired) electrons. The van der Waals surface area contributed by atoms with Crippen molar-refractivity contribution in [1.82, 2.24) is 10.3 Å². The molecule has 2 N–H and O–H groups in total. The van der Waals surface area contributed by atoms with Crippen molar-refractivity contribution in [2.24, 2.45) is 5.92 Å². The Morgan fingerprint density at radius 2 is 2.14 bits per heavy atom. The average Bonchev–Trinajstić information content (AvgIpc) is 3.14. The molecule has 0 bridgehead atoms. The van der Waals surface area contributed by atoms with Crippen LogP contribution in [-0.4, -0.2) is 29.5 Å². The fraction of sp³-hybridized carbons (Fsp3) is 0.438. The molecule has 1 unspecified atom stereocenters. The monoisotopic (exact) mass is 320 g/mol. The molecular formula is C16H20N2O3S. The summed E-state index contributed by atoms with van der Waals surface area (Å²) in [6.45, 7) is 5.53. The number of rotatable bonds is 6. The summed E-state index contributed by atoms with van der Waals surface area (Å²) in [4.78, 5) is 4.63. The first-order valence-corrected chi connectivity index (χ1v) is 8.24. The smallest absolute Gasteiger partial charge is 0.231 e. The number of thiazole rings is 1. The number of nitrogens with zero attached hydrogens (tertiary/aromatic N) is 1. The molecular weight excluding hydrogens is 300 g/mol. The number of hydrogen-bond donors (Lipinski definition) is 2. The quantitative estimate of drug-likeness (QED) is 0.857. The highest BCUT2D eigenvalue weighted by atomic mass is 32.1. The molecule has 0 saturated heterocycles. The lowest BCUT2D eigenvalue weighted by atomic mass is 10.1. The summed E-state index contributed by atoms with van der Waals surface area (Å²) in [5.41, 5.74) is 2.01. The van der Waals surface area contributed by atoms with Crippen molar-refractivity contribution < 1.29 is 14.6 Å². The van der Waals surface area contributed by atoms with E-state index < -0.39 is 0 Å². The summed E-state index contributed by atoms with van der Waals surface area (Å²) < 4.78 is 10.7. The van der Waals surface area contributed by atoms with Crippen LogP contribution in [0.4, 0.5) is 0 Å². The lowest BCUT2D eigenvalue weighted by Gasteiger charge is -2.14. The number of fused-ring (bicyclic) bond motifs is 1. The van der Waals surface area contributed by atoms with E-state index in [-0.39, 0.29) is 18.8 Å². The Morgan fingerprint density at radius 1 is 1.32 bits per heavy atom. The standard InChI is InChI=1S/C16H20N2O3S/c1-10(2)13(19)7-17-6-12-8-22-16(18-12)11-3-4-14-15(5-11)21-9-20-14/h3-5,8,10,13,17,19H,6-7,9H2,1-2H3. The molecule has 0 fully saturated rings. The predicted octanol–water partition coefficient (Wildman–Crippen LogP) is 2.65. The number of ether oxygens (including phenoxy) is 2. The number of benzene rings is 1. The first kappa shape index (κ1) is 15.3. The molecule has 0 amide bonds. The van der Waals surface area contributed by atoms with Crippen molar-refractivity contribution in [1.29, 1.82) is 0 Å². The zero-order chi connectivity index (χ0) is 15.5. The van der Waals surface area contributed by atoms with Gasteiger partial charge in [0.25, 0.3) is 0 Å². The number of aromatic nitrogens is 1. The Labute approximate surface area is 133 Å². The third-order valence-electron chi connectivity index (χ3n) is 3.60. The van der Waals surface area contributed by atoms with E-state index in [0.29, 0.717) is 13.1 Å². The van der Waals surface area contributed by atoms with Gasteiger partial charge in [-0.1, -0.05) is 13.8 Å². The summed E-state index contributed by atoms with van der Waals surface area (Å²) in [6.07, 6.45) is -0.327. The van der Waals surface area contributed by atoms with Crippen molar-refractivity contribution in [2.45, 2.75) is 26.5 Å². The highest BCUT2D eigenvalue weighted by molar-refractivity contribution is 7.13. The summed E-state index contributed by atoms with van der Waals surface area (Å²) in [6, 6.07) is 5.86. The first-order valence-electron chi connectivity index (χ1n) is 7.36. The van der Waals surface area contributed by atoms with E-state index in [0.717, 1.165) is 27.8 Å². The van der Waals surface area contributed by atoms with Crippen LogP contribution < -0.4 is 14.8 Å². The second kappa shape index (κ2) is 6.64. The third-order valence-corrected chi connectivity index (χ3v) is 4.54. The SMILES string of the molecule is CC(C)C(O)CNCc1csc(-c2ccc3c(c2)OCO3)n1. The van der Waals surface area contributed by atoms with Crippen molar-refractivity contribution in [2.75, 3.05) is 13.3 Å². The van der Waals surface area contributed by atoms with Gasteiger partial charge in [-0.05, 0) is 24.1 Å². The molecule has 1 aromatic carbocycles. The van der Waals surface area contributed by atoms with Crippen molar-refractivity contribution in [3.8, 4) is 22.1 Å². The number of hydrogen-bond acceptors (Lipinski definition) is 6. The second-order valence-electron chi connectivity index (χ2n) is 5.65. The normalized spacial score (nSPS) is 14.5. The van der Waals surface area contributed by atoms with Crippen molar-refractivity contribution in [3.05, 3.63) is 29.3 Å². The fourth-order valence-corrected chi connectivity index (χ4v) is 2.95. The van der Waals surface area contributed by atoms with Crippen LogP contribution in [-0.2, 0) is 6.54 Å². The minimum absolute atomic E-state index is 0.257. The lowest BCUT2D eigenvalue weighted by Crippen LogP contribution is -2.30. The van der Waals surface area contributed by atoms with E-state index in [2.05, 4.69) is 10.3 Å². The highest BCUT2D eigenvalue weighted by Gasteiger charge is 2.15. The highest BCUT2D eigenvalue weighted by Crippen LogP contribution is 2.36. The van der Waals surface area contributed by atoms with Crippen LogP contribution in [0, 0.1) is 5.92 Å². The maximum absolute atomic E-state index is 9.77. The van der Waals surface area contributed by atoms with E-state index in [1.54, 1.807) is 11.3 Å². The molecule has 1 atom stereocenters. The Kier molecular flexibility index (Phi) is 4.61. The summed E-state index contributed by atoms with van der Waals surface area (Å²) >= 11 is 1.60. The summed E-state index contributed by atoms with van der Waals surface area (Å²) in [5.74, 6) is 1.81. The van der Waals surface area contributed by atoms with Gasteiger partial charge in [0.1, 0.15) is 5.01 Å². The van der Waals surface area contributed by atoms with Gasteiger partial charge < -0.3 is 19.9 Å². The van der Waals surface area contributed by atoms with E-state index in [4.69, 9.17) is 9.47 Å². The van der Waals surface area contributed by atoms with Gasteiger partial charge in [-0.3, -0.25) is 0 Å². The Morgan fingerprint density at radius 3 is 2.95 bits per heavy atom. The van der Waals surface area contributed by atoms with E-state index in [1.165, 1.54) is 0 Å². The maximum Gasteiger partial charge on any atom is 0.231 e. The Balaban J connectivity index is 1.61. The molecule has 118 valence electrons. The van der Waals surface area contributed by atoms with Crippen molar-refractivity contribution >= 4 is 11.3 Å². The topological polar surface area (TPSA) is 63.6 Å². The largest absolute Gasteiger partial charge is 0.454 e. The minimum Gasteiger partial charge on any atom is -0.454 e. The maximum atomic E-state index is 9.77. The van der Waals surface area contributed by atoms with E-state index in [1.807, 2.05) is 37.4 Å². The predicted molar refractivity (Wildman–Crippen MR) is 86.2 cm³/mol. The average molecular weight is 320 g/mol. The molecule has 2 aromatic rings. The van der Waals surface area contributed by atoms with Crippen LogP contribution in [0.2, 0.25) is 0 Å². The molecule has 22 heavy (non-hydrogen) atoms. The number of aliphatic hydroxyl groups excluding tert-OH is 1. The van der Waals surface area contributed by atoms with Gasteiger partial charge in [0.15, 0.2) is 11.5 Å². The Hall–Kier alpha value is -1.63. The van der Waals surface area contributed by atoms with Crippen LogP contribution >= 0.6 is 11.3 Å². The minimum atomic E-state index is -0.327. The summed E-state index contributed by atoms with van der Waals surface area (Å²) in [7, 11) is 0. The summed E-state index contributed by atoms with van der Waals surface area (Å²) in [5, 5.41) is 16.0. The first-order chi connectivity index (χ1) is 10.6. The number of nitrogens with one attached hydrogen (secondary N) is 1. The van der Waals surface area contributed by atoms with Crippen LogP contribution in [0.25, 0.3) is 10.6 Å². The molecule has 5 nitrogen and oxygen atoms in total. The van der Waals surface area contributed by atoms with Crippen LogP contribution in [0.3, 0.4) is 0 Å². The zero-order valence-electron chi connectivity index (χ0n) is 12.7. The van der Waals surface area contributed by atoms with Gasteiger partial charge in [-0.2, -0.15) is 0 Å².